The quantitative estimate of drug-likeness (QED) is 0.529. The Kier molecular flexibility index (Phi) is 6.22. The minimum Gasteiger partial charge on any atom is -0.396 e. The van der Waals surface area contributed by atoms with E-state index in [4.69, 9.17) is 5.11 Å². The molecule has 0 rings (SSSR count). The fourth-order valence-corrected chi connectivity index (χ4v) is 0.687. The first kappa shape index (κ1) is 13.2. The Morgan fingerprint density at radius 1 is 1.36 bits per heavy atom. The second-order valence-corrected chi connectivity index (χ2v) is 2.65. The lowest BCUT2D eigenvalue weighted by Crippen LogP contribution is -2.38. The molecule has 14 heavy (non-hydrogen) atoms. The normalized spacial score (nSPS) is 11.4. The molecule has 7 heteroatoms. The zero-order valence-corrected chi connectivity index (χ0v) is 7.52. The Bertz CT molecular complexity index is 173. The van der Waals surface area contributed by atoms with Crippen LogP contribution in [0.5, 0.6) is 0 Å². The van der Waals surface area contributed by atoms with E-state index in [1.54, 1.807) is 0 Å². The number of nitrogens with one attached hydrogen (secondary N) is 2. The number of hydrogen-bond donors (Lipinski definition) is 3. The zero-order valence-electron chi connectivity index (χ0n) is 7.52. The lowest BCUT2D eigenvalue weighted by atomic mass is 10.4. The Balaban J connectivity index is 3.36. The number of aliphatic hydroxyl groups is 1. The topological polar surface area (TPSA) is 61.4 Å². The molecule has 3 N–H and O–H groups in total. The summed E-state index contributed by atoms with van der Waals surface area (Å²) >= 11 is 0. The van der Waals surface area contributed by atoms with Gasteiger partial charge < -0.3 is 15.7 Å². The summed E-state index contributed by atoms with van der Waals surface area (Å²) in [7, 11) is 0. The van der Waals surface area contributed by atoms with Crippen LogP contribution in [0.15, 0.2) is 0 Å². The third kappa shape index (κ3) is 9.27. The lowest BCUT2D eigenvalue weighted by molar-refractivity contribution is -0.128. The second-order valence-electron chi connectivity index (χ2n) is 2.65. The lowest BCUT2D eigenvalue weighted by Gasteiger charge is -2.08. The van der Waals surface area contributed by atoms with Crippen molar-refractivity contribution in [1.82, 2.24) is 10.6 Å². The average molecular weight is 214 g/mol. The minimum absolute atomic E-state index is 0.0593. The van der Waals surface area contributed by atoms with E-state index >= 15 is 0 Å². The van der Waals surface area contributed by atoms with Gasteiger partial charge >= 0.3 is 6.18 Å². The van der Waals surface area contributed by atoms with Gasteiger partial charge in [-0.2, -0.15) is 13.2 Å². The van der Waals surface area contributed by atoms with E-state index in [9.17, 15) is 18.0 Å². The number of alkyl halides is 3. The first-order chi connectivity index (χ1) is 6.45. The summed E-state index contributed by atoms with van der Waals surface area (Å²) < 4.78 is 34.8. The van der Waals surface area contributed by atoms with Crippen molar-refractivity contribution >= 4 is 5.91 Å². The second kappa shape index (κ2) is 6.61. The SMILES string of the molecule is O=C(CNCC(F)(F)F)NCCCO. The molecule has 0 aliphatic carbocycles. The van der Waals surface area contributed by atoms with Crippen LogP contribution in [0.4, 0.5) is 13.2 Å². The van der Waals surface area contributed by atoms with Gasteiger partial charge in [0.2, 0.25) is 5.91 Å². The third-order valence-corrected chi connectivity index (χ3v) is 1.27. The standard InChI is InChI=1S/C7H13F3N2O2/c8-7(9,10)5-11-4-6(14)12-2-1-3-13/h11,13H,1-5H2,(H,12,14). The molecule has 0 unspecified atom stereocenters. The first-order valence-corrected chi connectivity index (χ1v) is 4.11. The van der Waals surface area contributed by atoms with Gasteiger partial charge in [0.25, 0.3) is 0 Å². The summed E-state index contributed by atoms with van der Waals surface area (Å²) in [5, 5.41) is 12.6. The van der Waals surface area contributed by atoms with Gasteiger partial charge in [-0.15, -0.1) is 0 Å². The molecule has 0 saturated heterocycles. The molecule has 0 bridgehead atoms. The van der Waals surface area contributed by atoms with E-state index in [1.165, 1.54) is 0 Å². The highest BCUT2D eigenvalue weighted by molar-refractivity contribution is 5.77. The molecule has 0 aliphatic rings. The summed E-state index contributed by atoms with van der Waals surface area (Å²) in [4.78, 5) is 10.8. The highest BCUT2D eigenvalue weighted by Gasteiger charge is 2.26. The van der Waals surface area contributed by atoms with Crippen molar-refractivity contribution in [3.8, 4) is 0 Å². The molecule has 0 heterocycles. The van der Waals surface area contributed by atoms with Crippen molar-refractivity contribution in [3.05, 3.63) is 0 Å². The van der Waals surface area contributed by atoms with Crippen molar-refractivity contribution in [2.24, 2.45) is 0 Å². The average Bonchev–Trinajstić information content (AvgIpc) is 2.02. The molecule has 0 aromatic heterocycles. The highest BCUT2D eigenvalue weighted by Crippen LogP contribution is 2.11. The van der Waals surface area contributed by atoms with Crippen LogP contribution in [0.2, 0.25) is 0 Å². The molecule has 0 atom stereocenters. The molecular weight excluding hydrogens is 201 g/mol. The van der Waals surface area contributed by atoms with Crippen LogP contribution in [-0.2, 0) is 4.79 Å². The van der Waals surface area contributed by atoms with E-state index in [1.807, 2.05) is 5.32 Å². The molecule has 0 fully saturated rings. The number of halogens is 3. The molecule has 0 aromatic rings. The highest BCUT2D eigenvalue weighted by atomic mass is 19.4. The van der Waals surface area contributed by atoms with E-state index < -0.39 is 18.6 Å². The first-order valence-electron chi connectivity index (χ1n) is 4.11. The monoisotopic (exact) mass is 214 g/mol. The number of carbonyl (C=O) groups is 1. The van der Waals surface area contributed by atoms with Crippen LogP contribution in [0.3, 0.4) is 0 Å². The van der Waals surface area contributed by atoms with E-state index in [0.717, 1.165) is 0 Å². The fourth-order valence-electron chi connectivity index (χ4n) is 0.687. The van der Waals surface area contributed by atoms with Crippen molar-refractivity contribution in [2.45, 2.75) is 12.6 Å². The van der Waals surface area contributed by atoms with Crippen molar-refractivity contribution < 1.29 is 23.1 Å². The van der Waals surface area contributed by atoms with Gasteiger partial charge in [-0.1, -0.05) is 0 Å². The predicted molar refractivity (Wildman–Crippen MR) is 43.6 cm³/mol. The molecule has 0 aliphatic heterocycles. The molecule has 0 aromatic carbocycles. The van der Waals surface area contributed by atoms with Crippen LogP contribution < -0.4 is 10.6 Å². The summed E-state index contributed by atoms with van der Waals surface area (Å²) in [6.07, 6.45) is -3.91. The third-order valence-electron chi connectivity index (χ3n) is 1.27. The Hall–Kier alpha value is -0.820. The van der Waals surface area contributed by atoms with Crippen molar-refractivity contribution in [3.63, 3.8) is 0 Å². The molecule has 4 nitrogen and oxygen atoms in total. The molecule has 1 amide bonds. The number of aliphatic hydroxyl groups excluding tert-OH is 1. The maximum absolute atomic E-state index is 11.6. The van der Waals surface area contributed by atoms with Gasteiger partial charge in [0.15, 0.2) is 0 Å². The summed E-state index contributed by atoms with van der Waals surface area (Å²) in [6, 6.07) is 0. The van der Waals surface area contributed by atoms with Gasteiger partial charge in [0.1, 0.15) is 0 Å². The number of amides is 1. The summed E-state index contributed by atoms with van der Waals surface area (Å²) in [5.74, 6) is -0.511. The molecule has 0 spiro atoms. The van der Waals surface area contributed by atoms with Gasteiger partial charge in [0.05, 0.1) is 13.1 Å². The number of rotatable bonds is 6. The Morgan fingerprint density at radius 2 is 2.00 bits per heavy atom. The summed E-state index contributed by atoms with van der Waals surface area (Å²) in [6.45, 7) is -1.34. The smallest absolute Gasteiger partial charge is 0.396 e. The molecule has 0 saturated carbocycles. The van der Waals surface area contributed by atoms with Gasteiger partial charge in [-0.3, -0.25) is 4.79 Å². The summed E-state index contributed by atoms with van der Waals surface area (Å²) in [5.41, 5.74) is 0. The van der Waals surface area contributed by atoms with Crippen molar-refractivity contribution in [2.75, 3.05) is 26.2 Å². The zero-order chi connectivity index (χ0) is 11.0. The largest absolute Gasteiger partial charge is 0.401 e. The molecule has 84 valence electrons. The van der Waals surface area contributed by atoms with Gasteiger partial charge in [-0.25, -0.2) is 0 Å². The van der Waals surface area contributed by atoms with E-state index in [-0.39, 0.29) is 19.7 Å². The predicted octanol–water partition coefficient (Wildman–Crippen LogP) is -0.363. The Morgan fingerprint density at radius 3 is 2.50 bits per heavy atom. The van der Waals surface area contributed by atoms with Crippen LogP contribution >= 0.6 is 0 Å². The van der Waals surface area contributed by atoms with Gasteiger partial charge in [-0.05, 0) is 6.42 Å². The molecular formula is C7H13F3N2O2. The Labute approximate surface area is 79.5 Å². The maximum atomic E-state index is 11.6. The van der Waals surface area contributed by atoms with E-state index in [2.05, 4.69) is 5.32 Å². The number of carbonyl (C=O) groups excluding carboxylic acids is 1. The van der Waals surface area contributed by atoms with Crippen LogP contribution in [0, 0.1) is 0 Å². The van der Waals surface area contributed by atoms with Gasteiger partial charge in [0, 0.05) is 13.2 Å². The minimum atomic E-state index is -4.30. The van der Waals surface area contributed by atoms with Crippen LogP contribution in [-0.4, -0.2) is 43.4 Å². The number of hydrogen-bond acceptors (Lipinski definition) is 3. The molecule has 0 radical (unpaired) electrons. The van der Waals surface area contributed by atoms with Crippen molar-refractivity contribution in [1.29, 1.82) is 0 Å². The van der Waals surface area contributed by atoms with Crippen LogP contribution in [0.1, 0.15) is 6.42 Å². The van der Waals surface area contributed by atoms with Crippen LogP contribution in [0.25, 0.3) is 0 Å². The fraction of sp³-hybridized carbons (Fsp3) is 0.857. The van der Waals surface area contributed by atoms with E-state index in [0.29, 0.717) is 6.42 Å². The maximum Gasteiger partial charge on any atom is 0.401 e.